The summed E-state index contributed by atoms with van der Waals surface area (Å²) in [4.78, 5) is 37.7. The van der Waals surface area contributed by atoms with Gasteiger partial charge in [0.05, 0.1) is 0 Å². The van der Waals surface area contributed by atoms with Gasteiger partial charge in [0.25, 0.3) is 5.91 Å². The zero-order chi connectivity index (χ0) is 15.3. The lowest BCUT2D eigenvalue weighted by Gasteiger charge is -2.15. The van der Waals surface area contributed by atoms with Gasteiger partial charge in [-0.05, 0) is 12.3 Å². The fourth-order valence-corrected chi connectivity index (χ4v) is 2.25. The van der Waals surface area contributed by atoms with Gasteiger partial charge in [0.2, 0.25) is 5.91 Å². The Labute approximate surface area is 120 Å². The molecule has 7 nitrogen and oxygen atoms in total. The minimum Gasteiger partial charge on any atom is -0.480 e. The predicted molar refractivity (Wildman–Crippen MR) is 74.8 cm³/mol. The zero-order valence-electron chi connectivity index (χ0n) is 11.5. The van der Waals surface area contributed by atoms with E-state index in [-0.39, 0.29) is 17.5 Å². The summed E-state index contributed by atoms with van der Waals surface area (Å²) >= 11 is 1.10. The Balaban J connectivity index is 2.71. The number of aromatic nitrogens is 1. The molecule has 1 rings (SSSR count). The van der Waals surface area contributed by atoms with E-state index in [1.807, 2.05) is 13.8 Å². The van der Waals surface area contributed by atoms with Gasteiger partial charge in [-0.1, -0.05) is 13.8 Å². The van der Waals surface area contributed by atoms with Gasteiger partial charge in [-0.25, -0.2) is 9.78 Å². The molecular weight excluding hydrogens is 282 g/mol. The van der Waals surface area contributed by atoms with Gasteiger partial charge in [0, 0.05) is 12.3 Å². The molecule has 1 aromatic rings. The van der Waals surface area contributed by atoms with Crippen molar-refractivity contribution in [1.82, 2.24) is 10.3 Å². The van der Waals surface area contributed by atoms with Crippen LogP contribution in [-0.2, 0) is 9.59 Å². The van der Waals surface area contributed by atoms with E-state index in [1.165, 1.54) is 12.3 Å². The van der Waals surface area contributed by atoms with E-state index in [1.54, 1.807) is 0 Å². The van der Waals surface area contributed by atoms with Gasteiger partial charge in [-0.2, -0.15) is 0 Å². The molecule has 20 heavy (non-hydrogen) atoms. The van der Waals surface area contributed by atoms with E-state index in [2.05, 4.69) is 15.6 Å². The highest BCUT2D eigenvalue weighted by atomic mass is 32.1. The second-order valence-electron chi connectivity index (χ2n) is 4.71. The largest absolute Gasteiger partial charge is 0.480 e. The smallest absolute Gasteiger partial charge is 0.326 e. The molecule has 110 valence electrons. The van der Waals surface area contributed by atoms with Gasteiger partial charge in [0.15, 0.2) is 5.13 Å². The van der Waals surface area contributed by atoms with Crippen LogP contribution in [0.5, 0.6) is 0 Å². The molecule has 1 atom stereocenters. The molecule has 0 spiro atoms. The molecule has 0 saturated carbocycles. The van der Waals surface area contributed by atoms with E-state index in [0.717, 1.165) is 11.3 Å². The minimum absolute atomic E-state index is 0.0914. The number of anilines is 1. The number of aliphatic carboxylic acids is 1. The van der Waals surface area contributed by atoms with Gasteiger partial charge in [-0.3, -0.25) is 9.59 Å². The molecule has 2 amide bonds. The highest BCUT2D eigenvalue weighted by Gasteiger charge is 2.23. The van der Waals surface area contributed by atoms with Crippen molar-refractivity contribution in [3.8, 4) is 0 Å². The first-order chi connectivity index (χ1) is 9.29. The van der Waals surface area contributed by atoms with Crippen molar-refractivity contribution < 1.29 is 19.5 Å². The number of carbonyl (C=O) groups is 3. The molecule has 0 fully saturated rings. The van der Waals surface area contributed by atoms with Crippen molar-refractivity contribution in [3.05, 3.63) is 11.1 Å². The van der Waals surface area contributed by atoms with E-state index in [4.69, 9.17) is 5.11 Å². The Hall–Kier alpha value is -1.96. The first-order valence-electron chi connectivity index (χ1n) is 6.06. The molecule has 0 aliphatic rings. The zero-order valence-corrected chi connectivity index (χ0v) is 12.3. The first kappa shape index (κ1) is 16.1. The average Bonchev–Trinajstić information content (AvgIpc) is 2.74. The van der Waals surface area contributed by atoms with Crippen LogP contribution >= 0.6 is 11.3 Å². The molecule has 0 aromatic carbocycles. The molecule has 0 bridgehead atoms. The minimum atomic E-state index is -1.08. The lowest BCUT2D eigenvalue weighted by molar-refractivity contribution is -0.139. The Morgan fingerprint density at radius 1 is 1.40 bits per heavy atom. The summed E-state index contributed by atoms with van der Waals surface area (Å²) in [7, 11) is 0. The van der Waals surface area contributed by atoms with Crippen LogP contribution in [0.3, 0.4) is 0 Å². The molecule has 0 radical (unpaired) electrons. The number of amides is 2. The molecule has 3 N–H and O–H groups in total. The van der Waals surface area contributed by atoms with Crippen LogP contribution < -0.4 is 10.6 Å². The number of thiazole rings is 1. The van der Waals surface area contributed by atoms with Gasteiger partial charge >= 0.3 is 5.97 Å². The summed E-state index contributed by atoms with van der Waals surface area (Å²) in [6, 6.07) is -0.951. The average molecular weight is 299 g/mol. The fraction of sp³-hybridized carbons (Fsp3) is 0.500. The number of rotatable bonds is 6. The second-order valence-corrected chi connectivity index (χ2v) is 5.57. The fourth-order valence-electron chi connectivity index (χ4n) is 1.51. The summed E-state index contributed by atoms with van der Waals surface area (Å²) < 4.78 is 0. The third kappa shape index (κ3) is 4.96. The standard InChI is InChI=1S/C12H17N3O4S/c1-6(2)4-8(11(18)19)14-10(17)9-5-20-12(15-9)13-7(3)16/h5-6,8H,4H2,1-3H3,(H,14,17)(H,18,19)(H,13,15,16). The predicted octanol–water partition coefficient (Wildman–Crippen LogP) is 1.33. The molecule has 0 saturated heterocycles. The number of hydrogen-bond acceptors (Lipinski definition) is 5. The summed E-state index contributed by atoms with van der Waals surface area (Å²) in [5, 5.41) is 15.7. The summed E-state index contributed by atoms with van der Waals surface area (Å²) in [5.41, 5.74) is 0.0914. The van der Waals surface area contributed by atoms with Gasteiger partial charge in [-0.15, -0.1) is 11.3 Å². The number of hydrogen-bond donors (Lipinski definition) is 3. The van der Waals surface area contributed by atoms with Crippen LogP contribution in [0.2, 0.25) is 0 Å². The summed E-state index contributed by atoms with van der Waals surface area (Å²) in [6.07, 6.45) is 0.337. The maximum atomic E-state index is 11.9. The van der Waals surface area contributed by atoms with Crippen molar-refractivity contribution in [3.63, 3.8) is 0 Å². The van der Waals surface area contributed by atoms with Crippen LogP contribution in [0, 0.1) is 5.92 Å². The number of nitrogens with one attached hydrogen (secondary N) is 2. The number of carboxylic acids is 1. The molecule has 1 unspecified atom stereocenters. The lowest BCUT2D eigenvalue weighted by Crippen LogP contribution is -2.41. The van der Waals surface area contributed by atoms with Crippen LogP contribution in [-0.4, -0.2) is 33.9 Å². The second kappa shape index (κ2) is 6.99. The first-order valence-corrected chi connectivity index (χ1v) is 6.94. The number of nitrogens with zero attached hydrogens (tertiary/aromatic N) is 1. The Bertz CT molecular complexity index is 513. The van der Waals surface area contributed by atoms with Crippen molar-refractivity contribution in [1.29, 1.82) is 0 Å². The van der Waals surface area contributed by atoms with Gasteiger partial charge < -0.3 is 15.7 Å². The molecule has 0 aliphatic carbocycles. The SMILES string of the molecule is CC(=O)Nc1nc(C(=O)NC(CC(C)C)C(=O)O)cs1. The molecule has 1 aromatic heterocycles. The molecule has 0 aliphatic heterocycles. The number of carboxylic acid groups (broad SMARTS) is 1. The van der Waals surface area contributed by atoms with Crippen LogP contribution in [0.1, 0.15) is 37.7 Å². The van der Waals surface area contributed by atoms with Crippen LogP contribution in [0.25, 0.3) is 0 Å². The summed E-state index contributed by atoms with van der Waals surface area (Å²) in [5.74, 6) is -1.79. The Kier molecular flexibility index (Phi) is 5.63. The molecule has 8 heteroatoms. The lowest BCUT2D eigenvalue weighted by atomic mass is 10.0. The van der Waals surface area contributed by atoms with E-state index >= 15 is 0 Å². The van der Waals surface area contributed by atoms with Crippen molar-refractivity contribution in [2.45, 2.75) is 33.2 Å². The quantitative estimate of drug-likeness (QED) is 0.734. The van der Waals surface area contributed by atoms with E-state index in [0.29, 0.717) is 11.6 Å². The normalized spacial score (nSPS) is 12.0. The number of carbonyl (C=O) groups excluding carboxylic acids is 2. The third-order valence-electron chi connectivity index (χ3n) is 2.33. The Morgan fingerprint density at radius 2 is 2.05 bits per heavy atom. The molecule has 1 heterocycles. The van der Waals surface area contributed by atoms with Crippen molar-refractivity contribution in [2.24, 2.45) is 5.92 Å². The highest BCUT2D eigenvalue weighted by molar-refractivity contribution is 7.14. The van der Waals surface area contributed by atoms with Gasteiger partial charge in [0.1, 0.15) is 11.7 Å². The maximum absolute atomic E-state index is 11.9. The van der Waals surface area contributed by atoms with Crippen LogP contribution in [0.4, 0.5) is 5.13 Å². The monoisotopic (exact) mass is 299 g/mol. The van der Waals surface area contributed by atoms with E-state index in [9.17, 15) is 14.4 Å². The van der Waals surface area contributed by atoms with Crippen molar-refractivity contribution >= 4 is 34.3 Å². The third-order valence-corrected chi connectivity index (χ3v) is 3.09. The highest BCUT2D eigenvalue weighted by Crippen LogP contribution is 2.15. The maximum Gasteiger partial charge on any atom is 0.326 e. The Morgan fingerprint density at radius 3 is 2.55 bits per heavy atom. The van der Waals surface area contributed by atoms with Crippen molar-refractivity contribution in [2.75, 3.05) is 5.32 Å². The van der Waals surface area contributed by atoms with Crippen LogP contribution in [0.15, 0.2) is 5.38 Å². The van der Waals surface area contributed by atoms with E-state index < -0.39 is 17.9 Å². The topological polar surface area (TPSA) is 108 Å². The summed E-state index contributed by atoms with van der Waals surface area (Å²) in [6.45, 7) is 5.09. The molecular formula is C12H17N3O4S.